The molecule has 0 amide bonds. The maximum absolute atomic E-state index is 15.3. The van der Waals surface area contributed by atoms with Gasteiger partial charge in [-0.3, -0.25) is 0 Å². The van der Waals surface area contributed by atoms with E-state index in [1.807, 2.05) is 0 Å². The molecule has 0 aromatic heterocycles. The van der Waals surface area contributed by atoms with Crippen LogP contribution in [0, 0.1) is 75.6 Å². The Morgan fingerprint density at radius 3 is 1.42 bits per heavy atom. The molecule has 0 aliphatic heterocycles. The minimum atomic E-state index is -2.78. The zero-order valence-electron chi connectivity index (χ0n) is 18.0. The summed E-state index contributed by atoms with van der Waals surface area (Å²) in [5.74, 6) is -30.6. The van der Waals surface area contributed by atoms with Crippen LogP contribution >= 0.6 is 0 Å². The molecule has 0 spiro atoms. The van der Waals surface area contributed by atoms with Gasteiger partial charge in [0.2, 0.25) is 12.5 Å². The second-order valence-corrected chi connectivity index (χ2v) is 7.76. The molecule has 0 aliphatic carbocycles. The third-order valence-corrected chi connectivity index (χ3v) is 5.60. The van der Waals surface area contributed by atoms with Gasteiger partial charge in [-0.15, -0.1) is 0 Å². The van der Waals surface area contributed by atoms with Gasteiger partial charge in [0.1, 0.15) is 11.6 Å². The van der Waals surface area contributed by atoms with Crippen LogP contribution in [0.2, 0.25) is 0 Å². The first-order valence-corrected chi connectivity index (χ1v) is 10.0. The Hall–Kier alpha value is -3.97. The largest absolute Gasteiger partial charge is 0.250 e. The normalized spacial score (nSPS) is 11.3. The lowest BCUT2D eigenvalue weighted by atomic mass is 9.35. The van der Waals surface area contributed by atoms with Gasteiger partial charge < -0.3 is 0 Å². The number of benzene rings is 4. The van der Waals surface area contributed by atoms with Crippen molar-refractivity contribution < 1.29 is 57.1 Å². The van der Waals surface area contributed by atoms with Crippen LogP contribution in [0.5, 0.6) is 0 Å². The van der Waals surface area contributed by atoms with Crippen molar-refractivity contribution in [3.05, 3.63) is 112 Å². The molecule has 0 fully saturated rings. The minimum Gasteiger partial charge on any atom is -0.208 e. The monoisotopic (exact) mass is 552 g/mol. The van der Waals surface area contributed by atoms with Gasteiger partial charge in [-0.05, 0) is 41.3 Å². The summed E-state index contributed by atoms with van der Waals surface area (Å²) in [7, 11) is 0. The van der Waals surface area contributed by atoms with E-state index in [1.165, 1.54) is 0 Å². The van der Waals surface area contributed by atoms with Gasteiger partial charge in [0, 0.05) is 5.56 Å². The van der Waals surface area contributed by atoms with E-state index in [-0.39, 0.29) is 12.1 Å². The van der Waals surface area contributed by atoms with E-state index < -0.39 is 110 Å². The van der Waals surface area contributed by atoms with Crippen LogP contribution in [0.1, 0.15) is 0 Å². The molecule has 0 heterocycles. The Kier molecular flexibility index (Phi) is 6.93. The minimum absolute atomic E-state index is 0.200. The lowest BCUT2D eigenvalue weighted by molar-refractivity contribution is 0.379. The average molecular weight is 552 g/mol. The molecule has 0 saturated heterocycles. The van der Waals surface area contributed by atoms with Gasteiger partial charge in [-0.25, -0.2) is 57.1 Å². The molecule has 0 N–H and O–H groups in total. The van der Waals surface area contributed by atoms with Crippen molar-refractivity contribution in [3.8, 4) is 11.1 Å². The summed E-state index contributed by atoms with van der Waals surface area (Å²) in [4.78, 5) is 0. The highest BCUT2D eigenvalue weighted by Crippen LogP contribution is 2.34. The topological polar surface area (TPSA) is 0 Å². The first kappa shape index (κ1) is 27.1. The number of hydrogen-bond donors (Lipinski definition) is 0. The van der Waals surface area contributed by atoms with Crippen LogP contribution in [0.4, 0.5) is 57.1 Å². The van der Waals surface area contributed by atoms with E-state index in [0.717, 1.165) is 0 Å². The predicted molar refractivity (Wildman–Crippen MR) is 109 cm³/mol. The summed E-state index contributed by atoms with van der Waals surface area (Å²) in [5, 5.41) is 0. The smallest absolute Gasteiger partial charge is 0.208 e. The maximum Gasteiger partial charge on any atom is 0.250 e. The molecule has 0 unspecified atom stereocenters. The SMILES string of the molecule is Fc1ccc(F)c(B(c2ccc(F)c(F)c2)c2c(F)c(F)c(F)c(F)c2-c2c(F)c(F)c(F)c(F)c2F)c1. The van der Waals surface area contributed by atoms with Gasteiger partial charge >= 0.3 is 0 Å². The predicted octanol–water partition coefficient (Wildman–Crippen LogP) is 5.68. The lowest BCUT2D eigenvalue weighted by Crippen LogP contribution is -2.56. The molecule has 0 bridgehead atoms. The molecular weight excluding hydrogens is 546 g/mol. The fourth-order valence-electron chi connectivity index (χ4n) is 3.92. The Morgan fingerprint density at radius 1 is 0.395 bits per heavy atom. The molecule has 0 saturated carbocycles. The van der Waals surface area contributed by atoms with Crippen molar-refractivity contribution in [3.63, 3.8) is 0 Å². The van der Waals surface area contributed by atoms with Crippen molar-refractivity contribution in [1.29, 1.82) is 0 Å². The molecule has 196 valence electrons. The van der Waals surface area contributed by atoms with Gasteiger partial charge in [0.15, 0.2) is 58.2 Å². The van der Waals surface area contributed by atoms with E-state index >= 15 is 8.78 Å². The van der Waals surface area contributed by atoms with Crippen LogP contribution in [-0.2, 0) is 0 Å². The summed E-state index contributed by atoms with van der Waals surface area (Å²) in [6.07, 6.45) is 0. The molecule has 0 nitrogen and oxygen atoms in total. The van der Waals surface area contributed by atoms with Crippen LogP contribution in [0.3, 0.4) is 0 Å². The summed E-state index contributed by atoms with van der Waals surface area (Å²) in [5.41, 5.74) is -8.20. The fraction of sp³-hybridized carbons (Fsp3) is 0. The Balaban J connectivity index is 2.27. The quantitative estimate of drug-likeness (QED) is 0.133. The Bertz CT molecular complexity index is 1590. The van der Waals surface area contributed by atoms with Gasteiger partial charge in [0.05, 0.1) is 5.56 Å². The second kappa shape index (κ2) is 9.73. The van der Waals surface area contributed by atoms with Crippen LogP contribution in [-0.4, -0.2) is 6.71 Å². The molecule has 0 radical (unpaired) electrons. The zero-order valence-corrected chi connectivity index (χ0v) is 18.0. The summed E-state index contributed by atoms with van der Waals surface area (Å²) >= 11 is 0. The van der Waals surface area contributed by atoms with Crippen LogP contribution in [0.25, 0.3) is 11.1 Å². The van der Waals surface area contributed by atoms with E-state index in [0.29, 0.717) is 24.3 Å². The Labute approximate surface area is 204 Å². The average Bonchev–Trinajstić information content (AvgIpc) is 2.88. The second-order valence-electron chi connectivity index (χ2n) is 7.76. The van der Waals surface area contributed by atoms with Crippen LogP contribution in [0.15, 0.2) is 36.4 Å². The molecule has 0 atom stereocenters. The fourth-order valence-corrected chi connectivity index (χ4v) is 3.92. The number of halogens is 13. The highest BCUT2D eigenvalue weighted by molar-refractivity contribution is 6.96. The van der Waals surface area contributed by atoms with Crippen molar-refractivity contribution >= 4 is 23.1 Å². The summed E-state index contributed by atoms with van der Waals surface area (Å²) in [6.45, 7) is -2.56. The van der Waals surface area contributed by atoms with Gasteiger partial charge in [-0.1, -0.05) is 11.5 Å². The maximum atomic E-state index is 15.3. The Morgan fingerprint density at radius 2 is 0.868 bits per heavy atom. The van der Waals surface area contributed by atoms with Crippen molar-refractivity contribution in [1.82, 2.24) is 0 Å². The number of hydrogen-bond acceptors (Lipinski definition) is 0. The molecule has 0 aliphatic rings. The first-order chi connectivity index (χ1) is 17.8. The molecule has 4 rings (SSSR count). The van der Waals surface area contributed by atoms with Gasteiger partial charge in [0.25, 0.3) is 0 Å². The van der Waals surface area contributed by atoms with E-state index in [2.05, 4.69) is 0 Å². The summed E-state index contributed by atoms with van der Waals surface area (Å²) in [6, 6.07) is 2.28. The highest BCUT2D eigenvalue weighted by atomic mass is 19.2. The standard InChI is InChI=1S/C24H6BF13/c26-8-2-4-10(27)9(6-8)25(7-1-3-11(28)12(29)5-7)15-13(16(30)20(34)23(37)19(15)33)14-17(31)21(35)24(38)22(36)18(14)32/h1-6H. The van der Waals surface area contributed by atoms with Crippen molar-refractivity contribution in [2.75, 3.05) is 0 Å². The van der Waals surface area contributed by atoms with E-state index in [9.17, 15) is 48.3 Å². The highest BCUT2D eigenvalue weighted by Gasteiger charge is 2.40. The van der Waals surface area contributed by atoms with Crippen molar-refractivity contribution in [2.24, 2.45) is 0 Å². The first-order valence-electron chi connectivity index (χ1n) is 10.0. The zero-order chi connectivity index (χ0) is 28.2. The lowest BCUT2D eigenvalue weighted by Gasteiger charge is -2.22. The molecular formula is C24H6BF13. The molecule has 4 aromatic carbocycles. The molecule has 14 heteroatoms. The summed E-state index contributed by atoms with van der Waals surface area (Å²) < 4.78 is 186. The molecule has 38 heavy (non-hydrogen) atoms. The third-order valence-electron chi connectivity index (χ3n) is 5.60. The van der Waals surface area contributed by atoms with Crippen LogP contribution < -0.4 is 16.4 Å². The molecule has 4 aromatic rings. The van der Waals surface area contributed by atoms with Crippen molar-refractivity contribution in [2.45, 2.75) is 0 Å². The third kappa shape index (κ3) is 4.17. The van der Waals surface area contributed by atoms with Gasteiger partial charge in [-0.2, -0.15) is 0 Å². The van der Waals surface area contributed by atoms with E-state index in [4.69, 9.17) is 0 Å². The van der Waals surface area contributed by atoms with E-state index in [1.54, 1.807) is 0 Å². The number of rotatable bonds is 4.